The van der Waals surface area contributed by atoms with Gasteiger partial charge in [-0.15, -0.1) is 0 Å². The van der Waals surface area contributed by atoms with Crippen LogP contribution in [0.4, 0.5) is 18.9 Å². The minimum atomic E-state index is -4.36. The first kappa shape index (κ1) is 16.8. The summed E-state index contributed by atoms with van der Waals surface area (Å²) < 4.78 is 40.5. The van der Waals surface area contributed by atoms with Crippen LogP contribution in [0.3, 0.4) is 0 Å². The van der Waals surface area contributed by atoms with Crippen molar-refractivity contribution in [2.24, 2.45) is 7.05 Å². The first-order chi connectivity index (χ1) is 11.4. The summed E-state index contributed by atoms with van der Waals surface area (Å²) in [5.41, 5.74) is 0.823. The Bertz CT molecular complexity index is 739. The van der Waals surface area contributed by atoms with Gasteiger partial charge < -0.3 is 14.8 Å². The van der Waals surface area contributed by atoms with E-state index in [9.17, 15) is 13.2 Å². The molecule has 1 N–H and O–H groups in total. The number of hydrogen-bond donors (Lipinski definition) is 1. The number of alkyl halides is 3. The van der Waals surface area contributed by atoms with E-state index in [4.69, 9.17) is 12.2 Å². The van der Waals surface area contributed by atoms with Gasteiger partial charge in [0.2, 0.25) is 0 Å². The van der Waals surface area contributed by atoms with Crippen molar-refractivity contribution in [3.63, 3.8) is 0 Å². The molecule has 0 aliphatic carbocycles. The van der Waals surface area contributed by atoms with Crippen LogP contribution in [-0.4, -0.2) is 21.1 Å². The molecule has 1 aromatic carbocycles. The van der Waals surface area contributed by atoms with Crippen LogP contribution in [0.25, 0.3) is 0 Å². The Kier molecular flexibility index (Phi) is 4.54. The van der Waals surface area contributed by atoms with E-state index in [0.717, 1.165) is 37.2 Å². The van der Waals surface area contributed by atoms with Gasteiger partial charge in [-0.3, -0.25) is 0 Å². The van der Waals surface area contributed by atoms with E-state index >= 15 is 0 Å². The van der Waals surface area contributed by atoms with E-state index in [0.29, 0.717) is 10.8 Å². The maximum Gasteiger partial charge on any atom is 0.416 e. The third-order valence-corrected chi connectivity index (χ3v) is 4.62. The van der Waals surface area contributed by atoms with Crippen molar-refractivity contribution < 1.29 is 13.2 Å². The SMILES string of the molecule is Cn1cccc1[C@@H]1CCCN1C(=S)Nc1cccc(C(F)(F)F)c1. The Morgan fingerprint density at radius 1 is 1.25 bits per heavy atom. The fraction of sp³-hybridized carbons (Fsp3) is 0.353. The molecule has 1 aliphatic heterocycles. The largest absolute Gasteiger partial charge is 0.416 e. The Morgan fingerprint density at radius 2 is 2.04 bits per heavy atom. The summed E-state index contributed by atoms with van der Waals surface area (Å²) in [6.07, 6.45) is -0.407. The highest BCUT2D eigenvalue weighted by molar-refractivity contribution is 7.80. The van der Waals surface area contributed by atoms with Crippen molar-refractivity contribution >= 4 is 23.0 Å². The van der Waals surface area contributed by atoms with E-state index in [2.05, 4.69) is 16.0 Å². The number of hydrogen-bond acceptors (Lipinski definition) is 1. The summed E-state index contributed by atoms with van der Waals surface area (Å²) in [5.74, 6) is 0. The second-order valence-electron chi connectivity index (χ2n) is 5.90. The molecule has 0 spiro atoms. The van der Waals surface area contributed by atoms with Gasteiger partial charge >= 0.3 is 6.18 Å². The maximum atomic E-state index is 12.8. The third kappa shape index (κ3) is 3.40. The smallest absolute Gasteiger partial charge is 0.353 e. The molecule has 0 unspecified atom stereocenters. The number of halogens is 3. The Balaban J connectivity index is 1.76. The first-order valence-electron chi connectivity index (χ1n) is 7.72. The van der Waals surface area contributed by atoms with Gasteiger partial charge in [0.25, 0.3) is 0 Å². The molecule has 1 aliphatic rings. The van der Waals surface area contributed by atoms with E-state index in [1.165, 1.54) is 6.07 Å². The molecule has 3 rings (SSSR count). The average Bonchev–Trinajstić information content (AvgIpc) is 3.14. The quantitative estimate of drug-likeness (QED) is 0.798. The molecule has 7 heteroatoms. The number of rotatable bonds is 2. The number of thiocarbonyl (C=S) groups is 1. The molecular formula is C17H18F3N3S. The van der Waals surface area contributed by atoms with Gasteiger partial charge in [0.1, 0.15) is 0 Å². The van der Waals surface area contributed by atoms with Gasteiger partial charge in [-0.2, -0.15) is 13.2 Å². The number of nitrogens with zero attached hydrogens (tertiary/aromatic N) is 2. The summed E-state index contributed by atoms with van der Waals surface area (Å²) in [6, 6.07) is 9.29. The van der Waals surface area contributed by atoms with Gasteiger partial charge in [0, 0.05) is 31.2 Å². The maximum absolute atomic E-state index is 12.8. The van der Waals surface area contributed by atoms with Crippen LogP contribution in [0.2, 0.25) is 0 Å². The third-order valence-electron chi connectivity index (χ3n) is 4.28. The van der Waals surface area contributed by atoms with Crippen molar-refractivity contribution in [3.05, 3.63) is 53.9 Å². The van der Waals surface area contributed by atoms with Crippen molar-refractivity contribution in [3.8, 4) is 0 Å². The summed E-state index contributed by atoms with van der Waals surface area (Å²) in [4.78, 5) is 2.05. The highest BCUT2D eigenvalue weighted by Gasteiger charge is 2.31. The normalized spacial score (nSPS) is 18.0. The molecule has 1 atom stereocenters. The van der Waals surface area contributed by atoms with Crippen LogP contribution in [0, 0.1) is 0 Å². The molecule has 0 bridgehead atoms. The number of aromatic nitrogens is 1. The van der Waals surface area contributed by atoms with Crippen LogP contribution < -0.4 is 5.32 Å². The molecule has 2 aromatic rings. The van der Waals surface area contributed by atoms with Crippen LogP contribution in [0.1, 0.15) is 30.1 Å². The predicted molar refractivity (Wildman–Crippen MR) is 91.8 cm³/mol. The zero-order chi connectivity index (χ0) is 17.3. The van der Waals surface area contributed by atoms with Gasteiger partial charge in [-0.1, -0.05) is 6.07 Å². The van der Waals surface area contributed by atoms with Gasteiger partial charge in [-0.05, 0) is 55.4 Å². The number of anilines is 1. The Morgan fingerprint density at radius 3 is 2.71 bits per heavy atom. The van der Waals surface area contributed by atoms with Crippen molar-refractivity contribution in [2.75, 3.05) is 11.9 Å². The standard InChI is InChI=1S/C17H18F3N3S/c1-22-9-3-7-14(22)15-8-4-10-23(15)16(24)21-13-6-2-5-12(11-13)17(18,19)20/h2-3,5-7,9,11,15H,4,8,10H2,1H3,(H,21,24)/t15-/m0/s1. The molecule has 128 valence electrons. The highest BCUT2D eigenvalue weighted by Crippen LogP contribution is 2.33. The summed E-state index contributed by atoms with van der Waals surface area (Å²) in [5, 5.41) is 3.41. The average molecular weight is 353 g/mol. The Labute approximate surface area is 144 Å². The van der Waals surface area contributed by atoms with Gasteiger partial charge in [0.15, 0.2) is 5.11 Å². The number of likely N-dealkylation sites (tertiary alicyclic amines) is 1. The first-order valence-corrected chi connectivity index (χ1v) is 8.13. The molecule has 3 nitrogen and oxygen atoms in total. The van der Waals surface area contributed by atoms with Crippen molar-refractivity contribution in [2.45, 2.75) is 25.1 Å². The van der Waals surface area contributed by atoms with Gasteiger partial charge in [-0.25, -0.2) is 0 Å². The monoisotopic (exact) mass is 353 g/mol. The summed E-state index contributed by atoms with van der Waals surface area (Å²) in [6.45, 7) is 0.792. The highest BCUT2D eigenvalue weighted by atomic mass is 32.1. The molecule has 0 radical (unpaired) electrons. The molecule has 24 heavy (non-hydrogen) atoms. The zero-order valence-electron chi connectivity index (χ0n) is 13.2. The fourth-order valence-corrected chi connectivity index (χ4v) is 3.44. The number of benzene rings is 1. The van der Waals surface area contributed by atoms with E-state index < -0.39 is 11.7 Å². The second-order valence-corrected chi connectivity index (χ2v) is 6.29. The lowest BCUT2D eigenvalue weighted by Gasteiger charge is -2.28. The molecule has 1 fully saturated rings. The van der Waals surface area contributed by atoms with Crippen LogP contribution in [0.5, 0.6) is 0 Å². The number of nitrogens with one attached hydrogen (secondary N) is 1. The van der Waals surface area contributed by atoms with E-state index in [1.807, 2.05) is 24.2 Å². The summed E-state index contributed by atoms with van der Waals surface area (Å²) >= 11 is 5.45. The van der Waals surface area contributed by atoms with Crippen molar-refractivity contribution in [1.29, 1.82) is 0 Å². The minimum Gasteiger partial charge on any atom is -0.353 e. The van der Waals surface area contributed by atoms with Crippen LogP contribution in [0.15, 0.2) is 42.6 Å². The summed E-state index contributed by atoms with van der Waals surface area (Å²) in [7, 11) is 1.98. The lowest BCUT2D eigenvalue weighted by atomic mass is 10.1. The Hall–Kier alpha value is -2.02. The molecule has 1 saturated heterocycles. The fourth-order valence-electron chi connectivity index (χ4n) is 3.11. The zero-order valence-corrected chi connectivity index (χ0v) is 14.0. The van der Waals surface area contributed by atoms with E-state index in [1.54, 1.807) is 6.07 Å². The lowest BCUT2D eigenvalue weighted by Crippen LogP contribution is -2.34. The number of aryl methyl sites for hydroxylation is 1. The van der Waals surface area contributed by atoms with Crippen LogP contribution >= 0.6 is 12.2 Å². The minimum absolute atomic E-state index is 0.149. The molecule has 0 saturated carbocycles. The second kappa shape index (κ2) is 6.47. The molecule has 1 aromatic heterocycles. The van der Waals surface area contributed by atoms with Crippen LogP contribution in [-0.2, 0) is 13.2 Å². The molecular weight excluding hydrogens is 335 g/mol. The molecule has 2 heterocycles. The van der Waals surface area contributed by atoms with Crippen molar-refractivity contribution in [1.82, 2.24) is 9.47 Å². The van der Waals surface area contributed by atoms with Gasteiger partial charge in [0.05, 0.1) is 11.6 Å². The molecule has 0 amide bonds. The lowest BCUT2D eigenvalue weighted by molar-refractivity contribution is -0.137. The topological polar surface area (TPSA) is 20.2 Å². The predicted octanol–water partition coefficient (Wildman–Crippen LogP) is 4.58. The van der Waals surface area contributed by atoms with E-state index in [-0.39, 0.29) is 6.04 Å².